The second-order valence-electron chi connectivity index (χ2n) is 5.27. The van der Waals surface area contributed by atoms with Gasteiger partial charge in [0.2, 0.25) is 0 Å². The van der Waals surface area contributed by atoms with Crippen LogP contribution < -0.4 is 4.74 Å². The van der Waals surface area contributed by atoms with Crippen LogP contribution in [0.5, 0.6) is 5.75 Å². The fraction of sp³-hybridized carbons (Fsp3) is 0.111. The molecule has 3 rings (SSSR count). The summed E-state index contributed by atoms with van der Waals surface area (Å²) in [5.74, 6) is 0.291. The van der Waals surface area contributed by atoms with Gasteiger partial charge in [-0.2, -0.15) is 0 Å². The minimum Gasteiger partial charge on any atom is -0.494 e. The van der Waals surface area contributed by atoms with Gasteiger partial charge in [-0.15, -0.1) is 0 Å². The molecule has 1 saturated heterocycles. The van der Waals surface area contributed by atoms with Crippen LogP contribution in [0.3, 0.4) is 0 Å². The molecule has 0 bridgehead atoms. The second-order valence-corrected chi connectivity index (χ2v) is 7.76. The first-order valence-corrected chi connectivity index (χ1v) is 9.30. The van der Waals surface area contributed by atoms with Gasteiger partial charge >= 0.3 is 0 Å². The zero-order chi connectivity index (χ0) is 18.0. The maximum atomic E-state index is 12.7. The molecule has 7 heteroatoms. The molecule has 128 valence electrons. The first-order valence-electron chi connectivity index (χ1n) is 7.32. The molecule has 0 saturated carbocycles. The maximum Gasteiger partial charge on any atom is 0.266 e. The molecular weight excluding hydrogens is 397 g/mol. The molecule has 0 N–H and O–H groups in total. The van der Waals surface area contributed by atoms with Gasteiger partial charge in [0.1, 0.15) is 4.32 Å². The lowest BCUT2D eigenvalue weighted by molar-refractivity contribution is -0.122. The molecule has 1 aliphatic heterocycles. The summed E-state index contributed by atoms with van der Waals surface area (Å²) in [7, 11) is 1.50. The second kappa shape index (κ2) is 7.79. The van der Waals surface area contributed by atoms with Gasteiger partial charge in [-0.1, -0.05) is 77.5 Å². The summed E-state index contributed by atoms with van der Waals surface area (Å²) < 4.78 is 5.67. The van der Waals surface area contributed by atoms with E-state index in [2.05, 4.69) is 0 Å². The largest absolute Gasteiger partial charge is 0.494 e. The summed E-state index contributed by atoms with van der Waals surface area (Å²) in [6.07, 6.45) is 1.74. The van der Waals surface area contributed by atoms with E-state index in [9.17, 15) is 4.79 Å². The Labute approximate surface area is 165 Å². The molecule has 1 amide bonds. The number of nitrogens with zero attached hydrogens (tertiary/aromatic N) is 1. The smallest absolute Gasteiger partial charge is 0.266 e. The van der Waals surface area contributed by atoms with E-state index in [-0.39, 0.29) is 5.91 Å². The molecule has 25 heavy (non-hydrogen) atoms. The van der Waals surface area contributed by atoms with Crippen LogP contribution in [-0.4, -0.2) is 22.2 Å². The van der Waals surface area contributed by atoms with Gasteiger partial charge in [0.25, 0.3) is 5.91 Å². The van der Waals surface area contributed by atoms with Gasteiger partial charge in [-0.25, -0.2) is 0 Å². The Hall–Kier alpha value is -1.53. The van der Waals surface area contributed by atoms with E-state index in [0.717, 1.165) is 11.1 Å². The molecule has 1 fully saturated rings. The predicted octanol–water partition coefficient (Wildman–Crippen LogP) is 5.40. The molecule has 0 atom stereocenters. The zero-order valence-electron chi connectivity index (χ0n) is 13.2. The Morgan fingerprint density at radius 2 is 1.84 bits per heavy atom. The van der Waals surface area contributed by atoms with Crippen molar-refractivity contribution in [3.63, 3.8) is 0 Å². The highest BCUT2D eigenvalue weighted by atomic mass is 35.5. The molecule has 1 heterocycles. The number of methoxy groups -OCH3 is 1. The number of carbonyl (C=O) groups excluding carboxylic acids is 1. The zero-order valence-corrected chi connectivity index (χ0v) is 16.3. The normalized spacial score (nSPS) is 16.0. The number of ether oxygens (including phenoxy) is 1. The van der Waals surface area contributed by atoms with E-state index in [1.54, 1.807) is 23.1 Å². The van der Waals surface area contributed by atoms with Crippen LogP contribution in [0, 0.1) is 0 Å². The summed E-state index contributed by atoms with van der Waals surface area (Å²) in [6, 6.07) is 13.1. The van der Waals surface area contributed by atoms with Crippen molar-refractivity contribution in [2.75, 3.05) is 7.11 Å². The van der Waals surface area contributed by atoms with E-state index in [1.165, 1.54) is 18.9 Å². The minimum absolute atomic E-state index is 0.123. The average Bonchev–Trinajstić information content (AvgIpc) is 2.83. The van der Waals surface area contributed by atoms with E-state index < -0.39 is 0 Å². The number of hydrogen-bond acceptors (Lipinski definition) is 4. The van der Waals surface area contributed by atoms with E-state index in [0.29, 0.717) is 31.6 Å². The van der Waals surface area contributed by atoms with Crippen molar-refractivity contribution in [2.24, 2.45) is 0 Å². The summed E-state index contributed by atoms with van der Waals surface area (Å²) in [5.41, 5.74) is 1.74. The lowest BCUT2D eigenvalue weighted by Crippen LogP contribution is -2.27. The SMILES string of the molecule is COc1c(Cl)cc(C=C2SC(=S)N(Cc3ccccc3)C2=O)cc1Cl. The maximum absolute atomic E-state index is 12.7. The summed E-state index contributed by atoms with van der Waals surface area (Å²) in [4.78, 5) is 14.8. The van der Waals surface area contributed by atoms with Crippen molar-refractivity contribution in [3.8, 4) is 5.75 Å². The topological polar surface area (TPSA) is 29.5 Å². The highest BCUT2D eigenvalue weighted by molar-refractivity contribution is 8.26. The Morgan fingerprint density at radius 3 is 2.44 bits per heavy atom. The molecule has 0 unspecified atom stereocenters. The van der Waals surface area contributed by atoms with Crippen LogP contribution >= 0.6 is 47.2 Å². The molecule has 2 aromatic rings. The molecular formula is C18H13Cl2NO2S2. The molecule has 0 spiro atoms. The number of hydrogen-bond donors (Lipinski definition) is 0. The molecule has 2 aromatic carbocycles. The number of carbonyl (C=O) groups is 1. The third kappa shape index (κ3) is 4.01. The Balaban J connectivity index is 1.85. The van der Waals surface area contributed by atoms with E-state index in [1.807, 2.05) is 30.3 Å². The third-order valence-electron chi connectivity index (χ3n) is 3.58. The van der Waals surface area contributed by atoms with Crippen LogP contribution in [-0.2, 0) is 11.3 Å². The molecule has 3 nitrogen and oxygen atoms in total. The molecule has 0 aromatic heterocycles. The Morgan fingerprint density at radius 1 is 1.20 bits per heavy atom. The van der Waals surface area contributed by atoms with Crippen molar-refractivity contribution >= 4 is 63.5 Å². The number of thioether (sulfide) groups is 1. The first-order chi connectivity index (χ1) is 12.0. The number of amides is 1. The van der Waals surface area contributed by atoms with Crippen LogP contribution in [0.2, 0.25) is 10.0 Å². The van der Waals surface area contributed by atoms with Crippen LogP contribution in [0.4, 0.5) is 0 Å². The number of rotatable bonds is 4. The third-order valence-corrected chi connectivity index (χ3v) is 5.52. The van der Waals surface area contributed by atoms with Crippen molar-refractivity contribution in [3.05, 3.63) is 68.5 Å². The Bertz CT molecular complexity index is 846. The van der Waals surface area contributed by atoms with E-state index in [4.69, 9.17) is 40.2 Å². The van der Waals surface area contributed by atoms with Gasteiger partial charge in [-0.05, 0) is 29.3 Å². The van der Waals surface area contributed by atoms with Crippen molar-refractivity contribution in [1.82, 2.24) is 4.90 Å². The molecule has 0 radical (unpaired) electrons. The van der Waals surface area contributed by atoms with Crippen LogP contribution in [0.1, 0.15) is 11.1 Å². The first kappa shape index (κ1) is 18.3. The standard InChI is InChI=1S/C18H13Cl2NO2S2/c1-23-16-13(19)7-12(8-14(16)20)9-15-17(22)21(18(24)25-15)10-11-5-3-2-4-6-11/h2-9H,10H2,1H3. The molecule has 0 aliphatic carbocycles. The van der Waals surface area contributed by atoms with Gasteiger partial charge in [0, 0.05) is 0 Å². The van der Waals surface area contributed by atoms with Gasteiger partial charge in [0.05, 0.1) is 28.6 Å². The van der Waals surface area contributed by atoms with Crippen molar-refractivity contribution in [2.45, 2.75) is 6.54 Å². The predicted molar refractivity (Wildman–Crippen MR) is 108 cm³/mol. The number of thiocarbonyl (C=S) groups is 1. The average molecular weight is 410 g/mol. The monoisotopic (exact) mass is 409 g/mol. The number of halogens is 2. The van der Waals surface area contributed by atoms with Crippen molar-refractivity contribution < 1.29 is 9.53 Å². The fourth-order valence-electron chi connectivity index (χ4n) is 2.41. The lowest BCUT2D eigenvalue weighted by Gasteiger charge is -2.14. The summed E-state index contributed by atoms with van der Waals surface area (Å²) in [6.45, 7) is 0.451. The van der Waals surface area contributed by atoms with Crippen LogP contribution in [0.15, 0.2) is 47.4 Å². The Kier molecular flexibility index (Phi) is 5.69. The quantitative estimate of drug-likeness (QED) is 0.499. The fourth-order valence-corrected chi connectivity index (χ4v) is 4.32. The van der Waals surface area contributed by atoms with Gasteiger partial charge in [0.15, 0.2) is 5.75 Å². The highest BCUT2D eigenvalue weighted by Crippen LogP contribution is 2.37. The van der Waals surface area contributed by atoms with Gasteiger partial charge < -0.3 is 4.74 Å². The molecule has 1 aliphatic rings. The minimum atomic E-state index is -0.123. The van der Waals surface area contributed by atoms with Gasteiger partial charge in [-0.3, -0.25) is 9.69 Å². The lowest BCUT2D eigenvalue weighted by atomic mass is 10.2. The number of benzene rings is 2. The van der Waals surface area contributed by atoms with Crippen molar-refractivity contribution in [1.29, 1.82) is 0 Å². The van der Waals surface area contributed by atoms with E-state index >= 15 is 0 Å². The summed E-state index contributed by atoms with van der Waals surface area (Å²) >= 11 is 18.9. The summed E-state index contributed by atoms with van der Waals surface area (Å²) in [5, 5.41) is 0.780. The van der Waals surface area contributed by atoms with Crippen LogP contribution in [0.25, 0.3) is 6.08 Å². The highest BCUT2D eigenvalue weighted by Gasteiger charge is 2.32.